The first-order valence-corrected chi connectivity index (χ1v) is 7.14. The van der Waals surface area contributed by atoms with Crippen molar-refractivity contribution in [1.82, 2.24) is 0 Å². The van der Waals surface area contributed by atoms with E-state index >= 15 is 0 Å². The van der Waals surface area contributed by atoms with E-state index < -0.39 is 5.97 Å². The van der Waals surface area contributed by atoms with Gasteiger partial charge in [0.25, 0.3) is 0 Å². The van der Waals surface area contributed by atoms with Gasteiger partial charge < -0.3 is 10.4 Å². The van der Waals surface area contributed by atoms with Gasteiger partial charge in [-0.3, -0.25) is 0 Å². The number of hydrogen-bond donors (Lipinski definition) is 2. The third-order valence-corrected chi connectivity index (χ3v) is 4.54. The third kappa shape index (κ3) is 3.09. The van der Waals surface area contributed by atoms with E-state index in [4.69, 9.17) is 5.11 Å². The van der Waals surface area contributed by atoms with Gasteiger partial charge in [0.2, 0.25) is 0 Å². The Kier molecular flexibility index (Phi) is 4.13. The van der Waals surface area contributed by atoms with Crippen LogP contribution in [-0.2, 0) is 0 Å². The van der Waals surface area contributed by atoms with Crippen molar-refractivity contribution in [3.8, 4) is 0 Å². The van der Waals surface area contributed by atoms with Crippen LogP contribution in [0.2, 0.25) is 0 Å². The summed E-state index contributed by atoms with van der Waals surface area (Å²) in [6.45, 7) is 5.11. The molecule has 0 spiro atoms. The molecule has 0 aliphatic heterocycles. The Morgan fingerprint density at radius 3 is 2.58 bits per heavy atom. The van der Waals surface area contributed by atoms with Crippen molar-refractivity contribution in [2.75, 3.05) is 11.9 Å². The molecule has 1 fully saturated rings. The van der Waals surface area contributed by atoms with E-state index in [1.54, 1.807) is 6.07 Å². The largest absolute Gasteiger partial charge is 0.478 e. The average molecular weight is 261 g/mol. The Labute approximate surface area is 115 Å². The molecule has 1 aromatic rings. The predicted molar refractivity (Wildman–Crippen MR) is 77.8 cm³/mol. The van der Waals surface area contributed by atoms with Gasteiger partial charge in [0.1, 0.15) is 0 Å². The molecule has 0 radical (unpaired) electrons. The van der Waals surface area contributed by atoms with E-state index in [0.717, 1.165) is 17.8 Å². The van der Waals surface area contributed by atoms with Crippen molar-refractivity contribution in [3.63, 3.8) is 0 Å². The van der Waals surface area contributed by atoms with Gasteiger partial charge >= 0.3 is 5.97 Å². The van der Waals surface area contributed by atoms with E-state index in [0.29, 0.717) is 11.0 Å². The number of carboxylic acid groups (broad SMARTS) is 1. The van der Waals surface area contributed by atoms with Crippen LogP contribution in [0.1, 0.15) is 54.9 Å². The summed E-state index contributed by atoms with van der Waals surface area (Å²) >= 11 is 0. The zero-order chi connectivity index (χ0) is 13.9. The first-order chi connectivity index (χ1) is 9.06. The van der Waals surface area contributed by atoms with E-state index in [2.05, 4.69) is 12.2 Å². The van der Waals surface area contributed by atoms with Gasteiger partial charge in [-0.15, -0.1) is 0 Å². The summed E-state index contributed by atoms with van der Waals surface area (Å²) in [5.41, 5.74) is 2.67. The molecule has 1 saturated carbocycles. The molecule has 1 aromatic carbocycles. The fraction of sp³-hybridized carbons (Fsp3) is 0.562. The summed E-state index contributed by atoms with van der Waals surface area (Å²) in [6.07, 6.45) is 6.51. The number of benzene rings is 1. The summed E-state index contributed by atoms with van der Waals surface area (Å²) in [4.78, 5) is 11.0. The van der Waals surface area contributed by atoms with Gasteiger partial charge in [0.05, 0.1) is 5.56 Å². The SMILES string of the molecule is CCC1(CNc2ccc(C(=O)O)c(C)c2)CCCC1. The van der Waals surface area contributed by atoms with Crippen LogP contribution in [0.5, 0.6) is 0 Å². The molecule has 2 N–H and O–H groups in total. The molecule has 0 amide bonds. The van der Waals surface area contributed by atoms with Crippen molar-refractivity contribution in [1.29, 1.82) is 0 Å². The summed E-state index contributed by atoms with van der Waals surface area (Å²) < 4.78 is 0. The molecular formula is C16H23NO2. The van der Waals surface area contributed by atoms with Gasteiger partial charge in [-0.2, -0.15) is 0 Å². The molecular weight excluding hydrogens is 238 g/mol. The maximum absolute atomic E-state index is 11.0. The second-order valence-electron chi connectivity index (χ2n) is 5.75. The van der Waals surface area contributed by atoms with Crippen LogP contribution < -0.4 is 5.32 Å². The number of aromatic carboxylic acids is 1. The first kappa shape index (κ1) is 13.9. The number of anilines is 1. The van der Waals surface area contributed by atoms with Crippen LogP contribution in [-0.4, -0.2) is 17.6 Å². The number of hydrogen-bond acceptors (Lipinski definition) is 2. The van der Waals surface area contributed by atoms with Crippen LogP contribution in [0, 0.1) is 12.3 Å². The summed E-state index contributed by atoms with van der Waals surface area (Å²) in [6, 6.07) is 5.49. The van der Waals surface area contributed by atoms with Crippen molar-refractivity contribution in [3.05, 3.63) is 29.3 Å². The standard InChI is InChI=1S/C16H23NO2/c1-3-16(8-4-5-9-16)11-17-13-6-7-14(15(18)19)12(2)10-13/h6-7,10,17H,3-5,8-9,11H2,1-2H3,(H,18,19). The summed E-state index contributed by atoms with van der Waals surface area (Å²) in [5.74, 6) is -0.857. The van der Waals surface area contributed by atoms with E-state index in [1.807, 2.05) is 19.1 Å². The monoisotopic (exact) mass is 261 g/mol. The number of carboxylic acids is 1. The van der Waals surface area contributed by atoms with Crippen LogP contribution in [0.4, 0.5) is 5.69 Å². The molecule has 0 heterocycles. The highest BCUT2D eigenvalue weighted by atomic mass is 16.4. The van der Waals surface area contributed by atoms with E-state index in [1.165, 1.54) is 32.1 Å². The fourth-order valence-corrected chi connectivity index (χ4v) is 3.08. The Morgan fingerprint density at radius 2 is 2.05 bits per heavy atom. The minimum Gasteiger partial charge on any atom is -0.478 e. The molecule has 0 bridgehead atoms. The van der Waals surface area contributed by atoms with Crippen molar-refractivity contribution in [2.45, 2.75) is 46.0 Å². The molecule has 3 heteroatoms. The van der Waals surface area contributed by atoms with Crippen LogP contribution in [0.15, 0.2) is 18.2 Å². The number of aryl methyl sites for hydroxylation is 1. The minimum atomic E-state index is -0.857. The van der Waals surface area contributed by atoms with E-state index in [-0.39, 0.29) is 0 Å². The van der Waals surface area contributed by atoms with Crippen LogP contribution in [0.25, 0.3) is 0 Å². The molecule has 19 heavy (non-hydrogen) atoms. The van der Waals surface area contributed by atoms with Crippen LogP contribution >= 0.6 is 0 Å². The van der Waals surface area contributed by atoms with Gasteiger partial charge in [0, 0.05) is 12.2 Å². The Bertz CT molecular complexity index is 462. The highest BCUT2D eigenvalue weighted by Crippen LogP contribution is 2.40. The zero-order valence-electron chi connectivity index (χ0n) is 11.8. The smallest absolute Gasteiger partial charge is 0.335 e. The number of rotatable bonds is 5. The van der Waals surface area contributed by atoms with E-state index in [9.17, 15) is 4.79 Å². The van der Waals surface area contributed by atoms with Gasteiger partial charge in [-0.25, -0.2) is 4.79 Å². The molecule has 104 valence electrons. The second-order valence-corrected chi connectivity index (χ2v) is 5.75. The lowest BCUT2D eigenvalue weighted by Crippen LogP contribution is -2.25. The molecule has 0 atom stereocenters. The molecule has 1 aliphatic carbocycles. The first-order valence-electron chi connectivity index (χ1n) is 7.14. The van der Waals surface area contributed by atoms with Crippen molar-refractivity contribution in [2.24, 2.45) is 5.41 Å². The maximum atomic E-state index is 11.0. The molecule has 0 aromatic heterocycles. The van der Waals surface area contributed by atoms with Gasteiger partial charge in [-0.1, -0.05) is 19.8 Å². The summed E-state index contributed by atoms with van der Waals surface area (Å²) in [5, 5.41) is 12.5. The van der Waals surface area contributed by atoms with Crippen LogP contribution in [0.3, 0.4) is 0 Å². The fourth-order valence-electron chi connectivity index (χ4n) is 3.08. The van der Waals surface area contributed by atoms with Gasteiger partial charge in [0.15, 0.2) is 0 Å². The molecule has 1 aliphatic rings. The topological polar surface area (TPSA) is 49.3 Å². The average Bonchev–Trinajstić information content (AvgIpc) is 2.85. The highest BCUT2D eigenvalue weighted by Gasteiger charge is 2.31. The number of carbonyl (C=O) groups is 1. The second kappa shape index (κ2) is 5.64. The van der Waals surface area contributed by atoms with Crippen molar-refractivity contribution < 1.29 is 9.90 Å². The quantitative estimate of drug-likeness (QED) is 0.839. The Hall–Kier alpha value is -1.51. The third-order valence-electron chi connectivity index (χ3n) is 4.54. The normalized spacial score (nSPS) is 17.4. The van der Waals surface area contributed by atoms with Gasteiger partial charge in [-0.05, 0) is 55.4 Å². The predicted octanol–water partition coefficient (Wildman–Crippen LogP) is 4.08. The lowest BCUT2D eigenvalue weighted by atomic mass is 9.83. The maximum Gasteiger partial charge on any atom is 0.335 e. The van der Waals surface area contributed by atoms with Crippen molar-refractivity contribution >= 4 is 11.7 Å². The zero-order valence-corrected chi connectivity index (χ0v) is 11.8. The molecule has 3 nitrogen and oxygen atoms in total. The molecule has 0 unspecified atom stereocenters. The molecule has 0 saturated heterocycles. The highest BCUT2D eigenvalue weighted by molar-refractivity contribution is 5.89. The minimum absolute atomic E-state index is 0.386. The summed E-state index contributed by atoms with van der Waals surface area (Å²) in [7, 11) is 0. The molecule has 2 rings (SSSR count). The lowest BCUT2D eigenvalue weighted by molar-refractivity contribution is 0.0696. The number of nitrogens with one attached hydrogen (secondary N) is 1. The Morgan fingerprint density at radius 1 is 1.37 bits per heavy atom. The Balaban J connectivity index is 2.03. The lowest BCUT2D eigenvalue weighted by Gasteiger charge is -2.28.